The minimum atomic E-state index is 0.539. The van der Waals surface area contributed by atoms with E-state index in [1.807, 2.05) is 6.33 Å². The van der Waals surface area contributed by atoms with Crippen LogP contribution in [-0.2, 0) is 0 Å². The Morgan fingerprint density at radius 3 is 2.82 bits per heavy atom. The lowest BCUT2D eigenvalue weighted by Crippen LogP contribution is -2.32. The van der Waals surface area contributed by atoms with Gasteiger partial charge in [0.25, 0.3) is 0 Å². The number of nitrogens with zero attached hydrogens (tertiary/aromatic N) is 3. The van der Waals surface area contributed by atoms with Crippen LogP contribution in [0.15, 0.2) is 12.5 Å². The Kier molecular flexibility index (Phi) is 3.16. The SMILES string of the molecule is CN1CCC(n2cncc2[C@@H]2CCCN2)CC1. The second kappa shape index (κ2) is 4.78. The summed E-state index contributed by atoms with van der Waals surface area (Å²) in [6.45, 7) is 3.57. The highest BCUT2D eigenvalue weighted by Crippen LogP contribution is 2.29. The molecule has 1 aromatic rings. The molecule has 4 heteroatoms. The summed E-state index contributed by atoms with van der Waals surface area (Å²) in [6.07, 6.45) is 9.16. The van der Waals surface area contributed by atoms with E-state index in [-0.39, 0.29) is 0 Å². The van der Waals surface area contributed by atoms with E-state index < -0.39 is 0 Å². The molecule has 0 saturated carbocycles. The predicted octanol–water partition coefficient (Wildman–Crippen LogP) is 1.57. The average Bonchev–Trinajstić information content (AvgIpc) is 3.00. The maximum absolute atomic E-state index is 4.37. The number of hydrogen-bond acceptors (Lipinski definition) is 3. The third-order valence-electron chi connectivity index (χ3n) is 4.19. The van der Waals surface area contributed by atoms with Crippen molar-refractivity contribution in [1.29, 1.82) is 0 Å². The Hall–Kier alpha value is -0.870. The fourth-order valence-electron chi connectivity index (χ4n) is 3.10. The van der Waals surface area contributed by atoms with Gasteiger partial charge in [0, 0.05) is 18.3 Å². The highest BCUT2D eigenvalue weighted by atomic mass is 15.2. The molecule has 2 fully saturated rings. The number of imidazole rings is 1. The van der Waals surface area contributed by atoms with Gasteiger partial charge in [-0.3, -0.25) is 0 Å². The molecule has 0 spiro atoms. The van der Waals surface area contributed by atoms with Crippen LogP contribution >= 0.6 is 0 Å². The largest absolute Gasteiger partial charge is 0.330 e. The fourth-order valence-corrected chi connectivity index (χ4v) is 3.10. The molecule has 0 radical (unpaired) electrons. The lowest BCUT2D eigenvalue weighted by molar-refractivity contribution is 0.217. The first kappa shape index (κ1) is 11.2. The zero-order chi connectivity index (χ0) is 11.7. The van der Waals surface area contributed by atoms with Gasteiger partial charge >= 0.3 is 0 Å². The van der Waals surface area contributed by atoms with Gasteiger partial charge in [0.2, 0.25) is 0 Å². The van der Waals surface area contributed by atoms with E-state index in [0.717, 1.165) is 6.54 Å². The molecule has 0 bridgehead atoms. The minimum absolute atomic E-state index is 0.539. The molecule has 4 nitrogen and oxygen atoms in total. The maximum Gasteiger partial charge on any atom is 0.0951 e. The van der Waals surface area contributed by atoms with Gasteiger partial charge in [-0.2, -0.15) is 0 Å². The van der Waals surface area contributed by atoms with E-state index in [0.29, 0.717) is 12.1 Å². The van der Waals surface area contributed by atoms with Gasteiger partial charge in [0.1, 0.15) is 0 Å². The molecule has 17 heavy (non-hydrogen) atoms. The van der Waals surface area contributed by atoms with Crippen molar-refractivity contribution in [2.75, 3.05) is 26.7 Å². The number of likely N-dealkylation sites (tertiary alicyclic amines) is 1. The zero-order valence-electron chi connectivity index (χ0n) is 10.6. The first-order valence-electron chi connectivity index (χ1n) is 6.78. The lowest BCUT2D eigenvalue weighted by atomic mass is 10.0. The van der Waals surface area contributed by atoms with Crippen LogP contribution in [0.2, 0.25) is 0 Å². The number of hydrogen-bond donors (Lipinski definition) is 1. The monoisotopic (exact) mass is 234 g/mol. The molecule has 0 amide bonds. The topological polar surface area (TPSA) is 33.1 Å². The van der Waals surface area contributed by atoms with Crippen LogP contribution in [-0.4, -0.2) is 41.1 Å². The third-order valence-corrected chi connectivity index (χ3v) is 4.19. The summed E-state index contributed by atoms with van der Waals surface area (Å²) in [5.41, 5.74) is 1.40. The molecule has 0 aromatic carbocycles. The second-order valence-corrected chi connectivity index (χ2v) is 5.41. The van der Waals surface area contributed by atoms with Gasteiger partial charge < -0.3 is 14.8 Å². The van der Waals surface area contributed by atoms with Crippen molar-refractivity contribution in [2.24, 2.45) is 0 Å². The summed E-state index contributed by atoms with van der Waals surface area (Å²) >= 11 is 0. The van der Waals surface area contributed by atoms with E-state index >= 15 is 0 Å². The highest BCUT2D eigenvalue weighted by molar-refractivity contribution is 5.09. The first-order valence-corrected chi connectivity index (χ1v) is 6.78. The summed E-state index contributed by atoms with van der Waals surface area (Å²) in [5.74, 6) is 0. The van der Waals surface area contributed by atoms with E-state index in [1.54, 1.807) is 0 Å². The number of nitrogens with one attached hydrogen (secondary N) is 1. The highest BCUT2D eigenvalue weighted by Gasteiger charge is 2.24. The molecule has 2 aliphatic heterocycles. The van der Waals surface area contributed by atoms with E-state index in [2.05, 4.69) is 33.0 Å². The van der Waals surface area contributed by atoms with Gasteiger partial charge in [0.15, 0.2) is 0 Å². The smallest absolute Gasteiger partial charge is 0.0951 e. The fraction of sp³-hybridized carbons (Fsp3) is 0.769. The molecule has 3 heterocycles. The van der Waals surface area contributed by atoms with Crippen molar-refractivity contribution in [2.45, 2.75) is 37.8 Å². The van der Waals surface area contributed by atoms with Gasteiger partial charge in [-0.05, 0) is 52.4 Å². The molecule has 2 saturated heterocycles. The molecule has 2 aliphatic rings. The first-order chi connectivity index (χ1) is 8.34. The van der Waals surface area contributed by atoms with E-state index in [1.165, 1.54) is 44.5 Å². The standard InChI is InChI=1S/C13H22N4/c1-16-7-4-11(5-8-16)17-10-14-9-13(17)12-3-2-6-15-12/h9-12,15H,2-8H2,1H3/t12-/m0/s1. The predicted molar refractivity (Wildman–Crippen MR) is 68.0 cm³/mol. The van der Waals surface area contributed by atoms with Crippen molar-refractivity contribution < 1.29 is 0 Å². The van der Waals surface area contributed by atoms with E-state index in [9.17, 15) is 0 Å². The molecule has 3 rings (SSSR count). The average molecular weight is 234 g/mol. The quantitative estimate of drug-likeness (QED) is 0.843. The lowest BCUT2D eigenvalue weighted by Gasteiger charge is -2.31. The summed E-state index contributed by atoms with van der Waals surface area (Å²) in [4.78, 5) is 6.79. The number of rotatable bonds is 2. The molecular formula is C13H22N4. The molecule has 94 valence electrons. The van der Waals surface area contributed by atoms with Crippen LogP contribution in [0, 0.1) is 0 Å². The molecule has 1 N–H and O–H groups in total. The van der Waals surface area contributed by atoms with E-state index in [4.69, 9.17) is 0 Å². The van der Waals surface area contributed by atoms with Crippen molar-refractivity contribution >= 4 is 0 Å². The molecule has 1 aromatic heterocycles. The van der Waals surface area contributed by atoms with Crippen molar-refractivity contribution in [1.82, 2.24) is 19.8 Å². The van der Waals surface area contributed by atoms with Gasteiger partial charge in [0.05, 0.1) is 12.0 Å². The van der Waals surface area contributed by atoms with Crippen LogP contribution < -0.4 is 5.32 Å². The minimum Gasteiger partial charge on any atom is -0.330 e. The van der Waals surface area contributed by atoms with Crippen LogP contribution in [0.3, 0.4) is 0 Å². The Balaban J connectivity index is 1.76. The van der Waals surface area contributed by atoms with Gasteiger partial charge in [-0.1, -0.05) is 0 Å². The van der Waals surface area contributed by atoms with Crippen molar-refractivity contribution in [3.8, 4) is 0 Å². The van der Waals surface area contributed by atoms with Crippen LogP contribution in [0.25, 0.3) is 0 Å². The Morgan fingerprint density at radius 2 is 2.12 bits per heavy atom. The zero-order valence-corrected chi connectivity index (χ0v) is 10.6. The summed E-state index contributed by atoms with van der Waals surface area (Å²) in [7, 11) is 2.21. The molecule has 0 aliphatic carbocycles. The number of aromatic nitrogens is 2. The van der Waals surface area contributed by atoms with Crippen LogP contribution in [0.5, 0.6) is 0 Å². The molecule has 0 unspecified atom stereocenters. The van der Waals surface area contributed by atoms with Crippen molar-refractivity contribution in [3.63, 3.8) is 0 Å². The van der Waals surface area contributed by atoms with Gasteiger partial charge in [-0.15, -0.1) is 0 Å². The van der Waals surface area contributed by atoms with Crippen LogP contribution in [0.1, 0.15) is 43.5 Å². The Bertz CT molecular complexity index is 359. The number of piperidine rings is 1. The molecule has 1 atom stereocenters. The summed E-state index contributed by atoms with van der Waals surface area (Å²) < 4.78 is 2.43. The van der Waals surface area contributed by atoms with Crippen LogP contribution in [0.4, 0.5) is 0 Å². The second-order valence-electron chi connectivity index (χ2n) is 5.41. The summed E-state index contributed by atoms with van der Waals surface area (Å²) in [6, 6.07) is 1.20. The Labute approximate surface area is 103 Å². The van der Waals surface area contributed by atoms with Gasteiger partial charge in [-0.25, -0.2) is 4.98 Å². The maximum atomic E-state index is 4.37. The molecular weight excluding hydrogens is 212 g/mol. The Morgan fingerprint density at radius 1 is 1.29 bits per heavy atom. The van der Waals surface area contributed by atoms with Crippen molar-refractivity contribution in [3.05, 3.63) is 18.2 Å². The normalized spacial score (nSPS) is 27.7. The summed E-state index contributed by atoms with van der Waals surface area (Å²) in [5, 5.41) is 3.58. The third kappa shape index (κ3) is 2.24.